The molecular weight excluding hydrogens is 308 g/mol. The molecule has 1 aliphatic carbocycles. The van der Waals surface area contributed by atoms with E-state index in [0.29, 0.717) is 6.54 Å². The summed E-state index contributed by atoms with van der Waals surface area (Å²) in [6.07, 6.45) is 5.29. The van der Waals surface area contributed by atoms with Gasteiger partial charge in [0.05, 0.1) is 5.54 Å². The molecule has 1 atom stereocenters. The zero-order valence-corrected chi connectivity index (χ0v) is 14.1. The zero-order chi connectivity index (χ0) is 14.8. The predicted octanol–water partition coefficient (Wildman–Crippen LogP) is 2.08. The summed E-state index contributed by atoms with van der Waals surface area (Å²) in [5.74, 6) is 0.0261. The van der Waals surface area contributed by atoms with Gasteiger partial charge in [-0.05, 0) is 30.5 Å². The number of halogens is 1. The number of amides is 1. The van der Waals surface area contributed by atoms with Crippen molar-refractivity contribution in [1.82, 2.24) is 4.90 Å². The first-order valence-electron chi connectivity index (χ1n) is 6.89. The van der Waals surface area contributed by atoms with Gasteiger partial charge in [0, 0.05) is 35.5 Å². The van der Waals surface area contributed by atoms with Crippen molar-refractivity contribution in [2.45, 2.75) is 42.7 Å². The molecule has 118 valence electrons. The van der Waals surface area contributed by atoms with Gasteiger partial charge in [-0.15, -0.1) is 12.4 Å². The van der Waals surface area contributed by atoms with Gasteiger partial charge in [-0.3, -0.25) is 9.00 Å². The van der Waals surface area contributed by atoms with Crippen LogP contribution in [-0.2, 0) is 22.1 Å². The van der Waals surface area contributed by atoms with Crippen molar-refractivity contribution in [3.63, 3.8) is 0 Å². The van der Waals surface area contributed by atoms with E-state index < -0.39 is 16.3 Å². The molecule has 1 amide bonds. The number of hydrogen-bond donors (Lipinski definition) is 1. The Morgan fingerprint density at radius 1 is 1.29 bits per heavy atom. The molecule has 0 aromatic heterocycles. The lowest BCUT2D eigenvalue weighted by Crippen LogP contribution is -2.52. The molecule has 0 spiro atoms. The summed E-state index contributed by atoms with van der Waals surface area (Å²) < 4.78 is 11.3. The van der Waals surface area contributed by atoms with Crippen molar-refractivity contribution in [2.75, 3.05) is 13.3 Å². The summed E-state index contributed by atoms with van der Waals surface area (Å²) >= 11 is 0. The van der Waals surface area contributed by atoms with E-state index in [1.165, 1.54) is 0 Å². The first-order valence-corrected chi connectivity index (χ1v) is 8.45. The molecule has 1 aromatic carbocycles. The lowest BCUT2D eigenvalue weighted by molar-refractivity contribution is -0.136. The third kappa shape index (κ3) is 4.28. The molecule has 1 unspecified atom stereocenters. The Balaban J connectivity index is 0.00000220. The normalized spacial score (nSPS) is 17.9. The van der Waals surface area contributed by atoms with Crippen LogP contribution in [0.15, 0.2) is 29.2 Å². The Morgan fingerprint density at radius 3 is 2.29 bits per heavy atom. The first kappa shape index (κ1) is 18.1. The largest absolute Gasteiger partial charge is 0.340 e. The van der Waals surface area contributed by atoms with Crippen LogP contribution in [0.1, 0.15) is 31.2 Å². The van der Waals surface area contributed by atoms with E-state index in [0.717, 1.165) is 36.1 Å². The van der Waals surface area contributed by atoms with Gasteiger partial charge in [0.1, 0.15) is 0 Å². The van der Waals surface area contributed by atoms with Crippen LogP contribution in [0.4, 0.5) is 0 Å². The Kier molecular flexibility index (Phi) is 6.38. The molecule has 0 saturated heterocycles. The Bertz CT molecular complexity index is 513. The van der Waals surface area contributed by atoms with Crippen LogP contribution in [0.3, 0.4) is 0 Å². The fourth-order valence-corrected chi connectivity index (χ4v) is 3.25. The number of nitrogens with two attached hydrogens (primary N) is 1. The minimum Gasteiger partial charge on any atom is -0.340 e. The Morgan fingerprint density at radius 2 is 1.81 bits per heavy atom. The molecule has 4 nitrogen and oxygen atoms in total. The van der Waals surface area contributed by atoms with Gasteiger partial charge in [0.15, 0.2) is 0 Å². The van der Waals surface area contributed by atoms with Crippen LogP contribution in [0.25, 0.3) is 0 Å². The van der Waals surface area contributed by atoms with Crippen LogP contribution in [-0.4, -0.2) is 33.9 Å². The molecule has 0 heterocycles. The number of nitrogens with zero attached hydrogens (tertiary/aromatic N) is 1. The highest BCUT2D eigenvalue weighted by molar-refractivity contribution is 7.84. The predicted molar refractivity (Wildman–Crippen MR) is 87.9 cm³/mol. The number of benzene rings is 1. The van der Waals surface area contributed by atoms with E-state index in [1.807, 2.05) is 24.3 Å². The van der Waals surface area contributed by atoms with E-state index in [4.69, 9.17) is 5.73 Å². The molecule has 0 radical (unpaired) electrons. The molecular formula is C15H23ClN2O2S. The fourth-order valence-electron chi connectivity index (χ4n) is 2.73. The number of carbonyl (C=O) groups excluding carboxylic acids is 1. The van der Waals surface area contributed by atoms with Crippen LogP contribution < -0.4 is 5.73 Å². The van der Waals surface area contributed by atoms with Crippen molar-refractivity contribution in [2.24, 2.45) is 5.73 Å². The summed E-state index contributed by atoms with van der Waals surface area (Å²) in [5, 5.41) is 0. The van der Waals surface area contributed by atoms with Gasteiger partial charge in [-0.1, -0.05) is 25.0 Å². The fraction of sp³-hybridized carbons (Fsp3) is 0.533. The Hall–Kier alpha value is -0.910. The molecule has 2 N–H and O–H groups in total. The molecule has 6 heteroatoms. The minimum atomic E-state index is -0.968. The summed E-state index contributed by atoms with van der Waals surface area (Å²) in [5.41, 5.74) is 6.55. The minimum absolute atomic E-state index is 0. The number of rotatable bonds is 4. The standard InChI is InChI=1S/C15H22N2O2S.ClH/c1-17(14(18)15(16)9-3-4-10-15)11-12-5-7-13(8-6-12)20(2)19;/h5-8H,3-4,9-11,16H2,1-2H3;1H. The number of likely N-dealkylation sites (N-methyl/N-ethyl adjacent to an activating group) is 1. The van der Waals surface area contributed by atoms with E-state index in [-0.39, 0.29) is 18.3 Å². The molecule has 1 aliphatic rings. The van der Waals surface area contributed by atoms with Gasteiger partial charge in [-0.25, -0.2) is 0 Å². The van der Waals surface area contributed by atoms with Crippen molar-refractivity contribution in [3.8, 4) is 0 Å². The highest BCUT2D eigenvalue weighted by Gasteiger charge is 2.38. The van der Waals surface area contributed by atoms with Gasteiger partial charge in [-0.2, -0.15) is 0 Å². The maximum Gasteiger partial charge on any atom is 0.242 e. The second-order valence-corrected chi connectivity index (χ2v) is 7.00. The number of carbonyl (C=O) groups is 1. The van der Waals surface area contributed by atoms with Crippen LogP contribution >= 0.6 is 12.4 Å². The topological polar surface area (TPSA) is 63.4 Å². The molecule has 1 aromatic rings. The van der Waals surface area contributed by atoms with Gasteiger partial charge >= 0.3 is 0 Å². The van der Waals surface area contributed by atoms with Gasteiger partial charge < -0.3 is 10.6 Å². The monoisotopic (exact) mass is 330 g/mol. The average Bonchev–Trinajstić information content (AvgIpc) is 2.86. The van der Waals surface area contributed by atoms with Crippen molar-refractivity contribution >= 4 is 29.1 Å². The number of hydrogen-bond acceptors (Lipinski definition) is 3. The van der Waals surface area contributed by atoms with Crippen molar-refractivity contribution < 1.29 is 9.00 Å². The second-order valence-electron chi connectivity index (χ2n) is 5.62. The molecule has 21 heavy (non-hydrogen) atoms. The smallest absolute Gasteiger partial charge is 0.242 e. The summed E-state index contributed by atoms with van der Waals surface area (Å²) in [7, 11) is 0.825. The van der Waals surface area contributed by atoms with Crippen LogP contribution in [0.2, 0.25) is 0 Å². The highest BCUT2D eigenvalue weighted by atomic mass is 35.5. The van der Waals surface area contributed by atoms with Gasteiger partial charge in [0.25, 0.3) is 0 Å². The van der Waals surface area contributed by atoms with E-state index in [1.54, 1.807) is 18.2 Å². The van der Waals surface area contributed by atoms with Crippen molar-refractivity contribution in [3.05, 3.63) is 29.8 Å². The maximum absolute atomic E-state index is 12.4. The lowest BCUT2D eigenvalue weighted by atomic mass is 9.97. The summed E-state index contributed by atoms with van der Waals surface area (Å²) in [6, 6.07) is 7.52. The SMILES string of the molecule is CN(Cc1ccc(S(C)=O)cc1)C(=O)C1(N)CCCC1.Cl. The Labute approximate surface area is 134 Å². The van der Waals surface area contributed by atoms with E-state index in [9.17, 15) is 9.00 Å². The molecule has 0 bridgehead atoms. The van der Waals surface area contributed by atoms with Crippen LogP contribution in [0.5, 0.6) is 0 Å². The van der Waals surface area contributed by atoms with Gasteiger partial charge in [0.2, 0.25) is 5.91 Å². The van der Waals surface area contributed by atoms with Crippen molar-refractivity contribution in [1.29, 1.82) is 0 Å². The first-order chi connectivity index (χ1) is 9.42. The highest BCUT2D eigenvalue weighted by Crippen LogP contribution is 2.29. The molecule has 0 aliphatic heterocycles. The molecule has 2 rings (SSSR count). The summed E-state index contributed by atoms with van der Waals surface area (Å²) in [6.45, 7) is 0.536. The summed E-state index contributed by atoms with van der Waals surface area (Å²) in [4.78, 5) is 14.9. The van der Waals surface area contributed by atoms with E-state index >= 15 is 0 Å². The quantitative estimate of drug-likeness (QED) is 0.919. The second kappa shape index (κ2) is 7.38. The molecule has 1 fully saturated rings. The van der Waals surface area contributed by atoms with E-state index in [2.05, 4.69) is 0 Å². The third-order valence-electron chi connectivity index (χ3n) is 3.94. The molecule has 1 saturated carbocycles. The lowest BCUT2D eigenvalue weighted by Gasteiger charge is -2.28. The average molecular weight is 331 g/mol. The van der Waals surface area contributed by atoms with Crippen LogP contribution in [0, 0.1) is 0 Å². The third-order valence-corrected chi connectivity index (χ3v) is 4.88. The maximum atomic E-state index is 12.4. The zero-order valence-electron chi connectivity index (χ0n) is 12.5.